The van der Waals surface area contributed by atoms with Gasteiger partial charge in [0.1, 0.15) is 0 Å². The zero-order valence-electron chi connectivity index (χ0n) is 16.7. The summed E-state index contributed by atoms with van der Waals surface area (Å²) in [6, 6.07) is 17.5. The topological polar surface area (TPSA) is 83.6 Å². The van der Waals surface area contributed by atoms with Crippen molar-refractivity contribution in [2.45, 2.75) is 29.6 Å². The second-order valence-electron chi connectivity index (χ2n) is 7.40. The summed E-state index contributed by atoms with van der Waals surface area (Å²) >= 11 is 5.84. The molecule has 6 nitrogen and oxygen atoms in total. The first kappa shape index (κ1) is 21.7. The lowest BCUT2D eigenvalue weighted by molar-refractivity contribution is 0.586. The number of nitrogens with one attached hydrogen (secondary N) is 1. The number of anilines is 2. The highest BCUT2D eigenvalue weighted by molar-refractivity contribution is 7.93. The van der Waals surface area contributed by atoms with Gasteiger partial charge in [-0.2, -0.15) is 0 Å². The maximum absolute atomic E-state index is 13.3. The third kappa shape index (κ3) is 4.42. The van der Waals surface area contributed by atoms with Gasteiger partial charge in [0.15, 0.2) is 0 Å². The van der Waals surface area contributed by atoms with Crippen molar-refractivity contribution in [3.63, 3.8) is 0 Å². The minimum atomic E-state index is -3.84. The molecule has 0 amide bonds. The minimum absolute atomic E-state index is 0.0683. The van der Waals surface area contributed by atoms with Gasteiger partial charge < -0.3 is 0 Å². The average Bonchev–Trinajstić information content (AvgIpc) is 2.73. The summed E-state index contributed by atoms with van der Waals surface area (Å²) in [4.78, 5) is 0.275. The van der Waals surface area contributed by atoms with Gasteiger partial charge in [-0.3, -0.25) is 9.03 Å². The number of fused-ring (bicyclic) bond motifs is 1. The van der Waals surface area contributed by atoms with E-state index in [1.54, 1.807) is 42.5 Å². The highest BCUT2D eigenvalue weighted by Crippen LogP contribution is 2.34. The van der Waals surface area contributed by atoms with Crippen molar-refractivity contribution in [1.82, 2.24) is 0 Å². The molecule has 1 N–H and O–H groups in total. The zero-order chi connectivity index (χ0) is 22.2. The van der Waals surface area contributed by atoms with Gasteiger partial charge in [-0.25, -0.2) is 16.8 Å². The lowest BCUT2D eigenvalue weighted by Crippen LogP contribution is -2.35. The number of hydrogen-bond donors (Lipinski definition) is 1. The third-order valence-corrected chi connectivity index (χ3v) is 8.62. The number of hydrogen-bond acceptors (Lipinski definition) is 4. The summed E-state index contributed by atoms with van der Waals surface area (Å²) in [6.45, 7) is 2.22. The Morgan fingerprint density at radius 1 is 0.871 bits per heavy atom. The van der Waals surface area contributed by atoms with Crippen LogP contribution in [0.3, 0.4) is 0 Å². The normalized spacial score (nSPS) is 14.2. The van der Waals surface area contributed by atoms with E-state index in [-0.39, 0.29) is 9.79 Å². The van der Waals surface area contributed by atoms with Crippen LogP contribution in [0, 0.1) is 6.92 Å². The molecular weight excluding hydrogens is 456 g/mol. The predicted octanol–water partition coefficient (Wildman–Crippen LogP) is 4.59. The van der Waals surface area contributed by atoms with Crippen molar-refractivity contribution in [3.05, 3.63) is 82.9 Å². The van der Waals surface area contributed by atoms with Gasteiger partial charge in [-0.15, -0.1) is 0 Å². The van der Waals surface area contributed by atoms with Gasteiger partial charge in [-0.1, -0.05) is 35.4 Å². The molecule has 0 atom stereocenters. The molecule has 1 aliphatic heterocycles. The molecule has 0 saturated carbocycles. The van der Waals surface area contributed by atoms with Crippen LogP contribution in [-0.2, 0) is 26.5 Å². The van der Waals surface area contributed by atoms with Gasteiger partial charge in [0.05, 0.1) is 21.2 Å². The number of sulfonamides is 2. The summed E-state index contributed by atoms with van der Waals surface area (Å²) < 4.78 is 55.9. The Kier molecular flexibility index (Phi) is 5.72. The molecule has 0 aromatic heterocycles. The first-order chi connectivity index (χ1) is 14.7. The molecule has 162 valence electrons. The molecule has 0 radical (unpaired) electrons. The molecule has 4 rings (SSSR count). The van der Waals surface area contributed by atoms with Crippen LogP contribution in [0.25, 0.3) is 0 Å². The van der Waals surface area contributed by atoms with Crippen molar-refractivity contribution < 1.29 is 16.8 Å². The number of nitrogens with zero attached hydrogens (tertiary/aromatic N) is 1. The molecule has 9 heteroatoms. The van der Waals surface area contributed by atoms with Gasteiger partial charge in [0.25, 0.3) is 20.0 Å². The van der Waals surface area contributed by atoms with Crippen molar-refractivity contribution in [3.8, 4) is 0 Å². The molecule has 0 spiro atoms. The predicted molar refractivity (Wildman–Crippen MR) is 123 cm³/mol. The molecule has 0 unspecified atom stereocenters. The van der Waals surface area contributed by atoms with Gasteiger partial charge >= 0.3 is 0 Å². The first-order valence-corrected chi connectivity index (χ1v) is 13.0. The molecule has 1 heterocycles. The Bertz CT molecular complexity index is 1320. The first-order valence-electron chi connectivity index (χ1n) is 9.67. The molecule has 0 aliphatic carbocycles. The lowest BCUT2D eigenvalue weighted by Gasteiger charge is -2.31. The second kappa shape index (κ2) is 8.18. The van der Waals surface area contributed by atoms with Crippen LogP contribution >= 0.6 is 11.6 Å². The number of halogens is 1. The largest absolute Gasteiger partial charge is 0.280 e. The Labute approximate surface area is 187 Å². The van der Waals surface area contributed by atoms with E-state index in [0.717, 1.165) is 17.5 Å². The van der Waals surface area contributed by atoms with Crippen LogP contribution in [0.5, 0.6) is 0 Å². The molecule has 0 saturated heterocycles. The average molecular weight is 477 g/mol. The molecule has 3 aromatic carbocycles. The number of rotatable bonds is 5. The lowest BCUT2D eigenvalue weighted by atomic mass is 10.0. The zero-order valence-corrected chi connectivity index (χ0v) is 19.1. The second-order valence-corrected chi connectivity index (χ2v) is 11.4. The fourth-order valence-electron chi connectivity index (χ4n) is 3.52. The maximum Gasteiger partial charge on any atom is 0.264 e. The van der Waals surface area contributed by atoms with E-state index >= 15 is 0 Å². The van der Waals surface area contributed by atoms with E-state index in [1.807, 2.05) is 6.92 Å². The van der Waals surface area contributed by atoms with Crippen LogP contribution < -0.4 is 9.03 Å². The molecule has 3 aromatic rings. The third-order valence-electron chi connectivity index (χ3n) is 5.15. The Hall–Kier alpha value is -2.55. The molecule has 31 heavy (non-hydrogen) atoms. The van der Waals surface area contributed by atoms with Gasteiger partial charge in [0, 0.05) is 11.6 Å². The Morgan fingerprint density at radius 2 is 1.52 bits per heavy atom. The minimum Gasteiger partial charge on any atom is -0.280 e. The van der Waals surface area contributed by atoms with Crippen molar-refractivity contribution in [2.24, 2.45) is 0 Å². The van der Waals surface area contributed by atoms with Crippen molar-refractivity contribution in [1.29, 1.82) is 0 Å². The van der Waals surface area contributed by atoms with E-state index in [9.17, 15) is 16.8 Å². The summed E-state index contributed by atoms with van der Waals surface area (Å²) in [6.07, 6.45) is 1.41. The molecule has 0 bridgehead atoms. The Morgan fingerprint density at radius 3 is 2.19 bits per heavy atom. The monoisotopic (exact) mass is 476 g/mol. The number of aryl methyl sites for hydroxylation is 2. The molecule has 1 aliphatic rings. The summed E-state index contributed by atoms with van der Waals surface area (Å²) in [7, 11) is -7.61. The van der Waals surface area contributed by atoms with Gasteiger partial charge in [0.2, 0.25) is 0 Å². The number of benzene rings is 3. The molecule has 0 fully saturated rings. The van der Waals surface area contributed by atoms with E-state index < -0.39 is 20.0 Å². The summed E-state index contributed by atoms with van der Waals surface area (Å²) in [5.41, 5.74) is 2.61. The Balaban J connectivity index is 1.69. The summed E-state index contributed by atoms with van der Waals surface area (Å²) in [5, 5.41) is 0.435. The van der Waals surface area contributed by atoms with Crippen LogP contribution in [-0.4, -0.2) is 23.4 Å². The van der Waals surface area contributed by atoms with Crippen LogP contribution in [0.4, 0.5) is 11.4 Å². The highest BCUT2D eigenvalue weighted by atomic mass is 35.5. The van der Waals surface area contributed by atoms with Crippen LogP contribution in [0.15, 0.2) is 76.5 Å². The van der Waals surface area contributed by atoms with E-state index in [1.165, 1.54) is 28.6 Å². The maximum atomic E-state index is 13.3. The fourth-order valence-corrected chi connectivity index (χ4v) is 6.23. The summed E-state index contributed by atoms with van der Waals surface area (Å²) in [5.74, 6) is 0. The van der Waals surface area contributed by atoms with E-state index in [4.69, 9.17) is 11.6 Å². The highest BCUT2D eigenvalue weighted by Gasteiger charge is 2.29. The van der Waals surface area contributed by atoms with Crippen LogP contribution in [0.1, 0.15) is 17.5 Å². The fraction of sp³-hybridized carbons (Fsp3) is 0.182. The van der Waals surface area contributed by atoms with Gasteiger partial charge in [-0.05, 0) is 73.9 Å². The smallest absolute Gasteiger partial charge is 0.264 e. The van der Waals surface area contributed by atoms with Crippen molar-refractivity contribution in [2.75, 3.05) is 15.6 Å². The quantitative estimate of drug-likeness (QED) is 0.583. The molecular formula is C22H21ClN2O4S2. The SMILES string of the molecule is Cc1ccc(S(=O)(=O)N2CCCc3ccc(NS(=O)(=O)c4ccc(Cl)cc4)cc32)cc1. The van der Waals surface area contributed by atoms with Crippen molar-refractivity contribution >= 4 is 43.0 Å². The standard InChI is InChI=1S/C22H21ClN2O4S2/c1-16-4-10-21(11-5-16)31(28,29)25-14-2-3-17-6-9-19(15-22(17)25)24-30(26,27)20-12-7-18(23)8-13-20/h4-13,15,24H,2-3,14H2,1H3. The van der Waals surface area contributed by atoms with E-state index in [2.05, 4.69) is 4.72 Å². The van der Waals surface area contributed by atoms with Crippen LogP contribution in [0.2, 0.25) is 5.02 Å². The van der Waals surface area contributed by atoms with E-state index in [0.29, 0.717) is 29.4 Å².